The lowest BCUT2D eigenvalue weighted by Gasteiger charge is -2.49. The van der Waals surface area contributed by atoms with Gasteiger partial charge in [-0.3, -0.25) is 4.90 Å². The first kappa shape index (κ1) is 33.0. The van der Waals surface area contributed by atoms with E-state index in [-0.39, 0.29) is 0 Å². The van der Waals surface area contributed by atoms with Crippen LogP contribution in [0.25, 0.3) is 0 Å². The van der Waals surface area contributed by atoms with Crippen molar-refractivity contribution in [2.75, 3.05) is 6.54 Å². The molecule has 0 saturated carbocycles. The lowest BCUT2D eigenvalue weighted by Crippen LogP contribution is -2.55. The highest BCUT2D eigenvalue weighted by Gasteiger charge is 2.36. The van der Waals surface area contributed by atoms with Crippen molar-refractivity contribution < 1.29 is 0 Å². The fourth-order valence-corrected chi connectivity index (χ4v) is 5.73. The molecule has 0 aliphatic rings. The second-order valence-electron chi connectivity index (χ2n) is 12.3. The Kier molecular flexibility index (Phi) is 21.2. The first-order chi connectivity index (χ1) is 15.8. The van der Waals surface area contributed by atoms with Gasteiger partial charge in [0.1, 0.15) is 0 Å². The third-order valence-electron chi connectivity index (χ3n) is 7.98. The van der Waals surface area contributed by atoms with E-state index in [4.69, 9.17) is 0 Å². The number of hydrogen-bond donors (Lipinski definition) is 0. The summed E-state index contributed by atoms with van der Waals surface area (Å²) >= 11 is 0. The van der Waals surface area contributed by atoms with E-state index in [0.29, 0.717) is 11.1 Å². The molecule has 0 saturated heterocycles. The van der Waals surface area contributed by atoms with Gasteiger partial charge >= 0.3 is 0 Å². The molecule has 0 aromatic carbocycles. The maximum absolute atomic E-state index is 2.88. The Hall–Kier alpha value is -0.0400. The number of unbranched alkanes of at least 4 members (excludes halogenated alkanes) is 17. The summed E-state index contributed by atoms with van der Waals surface area (Å²) in [6, 6.07) is 0. The van der Waals surface area contributed by atoms with E-state index in [2.05, 4.69) is 53.4 Å². The first-order valence-electron chi connectivity index (χ1n) is 15.6. The second kappa shape index (κ2) is 21.3. The minimum atomic E-state index is 0.322. The van der Waals surface area contributed by atoms with Gasteiger partial charge in [0.15, 0.2) is 0 Å². The molecule has 0 spiro atoms. The van der Waals surface area contributed by atoms with Crippen LogP contribution in [0, 0.1) is 0 Å². The summed E-state index contributed by atoms with van der Waals surface area (Å²) < 4.78 is 0. The minimum absolute atomic E-state index is 0.322. The van der Waals surface area contributed by atoms with E-state index in [0.717, 1.165) is 0 Å². The molecule has 0 unspecified atom stereocenters. The third-order valence-corrected chi connectivity index (χ3v) is 7.98. The summed E-state index contributed by atoms with van der Waals surface area (Å²) in [4.78, 5) is 2.88. The van der Waals surface area contributed by atoms with Gasteiger partial charge < -0.3 is 0 Å². The summed E-state index contributed by atoms with van der Waals surface area (Å²) in [5.74, 6) is 0. The molecule has 200 valence electrons. The van der Waals surface area contributed by atoms with Gasteiger partial charge in [0.05, 0.1) is 0 Å². The van der Waals surface area contributed by atoms with Gasteiger partial charge in [-0.15, -0.1) is 0 Å². The van der Waals surface area contributed by atoms with Crippen molar-refractivity contribution in [3.05, 3.63) is 0 Å². The van der Waals surface area contributed by atoms with E-state index >= 15 is 0 Å². The molecule has 0 aromatic rings. The zero-order chi connectivity index (χ0) is 24.8. The van der Waals surface area contributed by atoms with E-state index in [9.17, 15) is 0 Å². The molecule has 0 rings (SSSR count). The first-order valence-corrected chi connectivity index (χ1v) is 15.6. The predicted octanol–water partition coefficient (Wildman–Crippen LogP) is 11.5. The zero-order valence-electron chi connectivity index (χ0n) is 24.7. The molecule has 0 N–H and O–H groups in total. The third kappa shape index (κ3) is 18.0. The number of hydrogen-bond acceptors (Lipinski definition) is 1. The summed E-state index contributed by atoms with van der Waals surface area (Å²) in [7, 11) is 0. The monoisotopic (exact) mass is 466 g/mol. The van der Waals surface area contributed by atoms with Crippen LogP contribution in [0.15, 0.2) is 0 Å². The fraction of sp³-hybridized carbons (Fsp3) is 1.00. The van der Waals surface area contributed by atoms with Crippen molar-refractivity contribution in [1.82, 2.24) is 4.90 Å². The SMILES string of the molecule is CCCCCCCCCCCCCCCCCCN(C(C)(C)CCCC)C(C)(C)CCCC. The van der Waals surface area contributed by atoms with Crippen molar-refractivity contribution in [3.63, 3.8) is 0 Å². The lowest BCUT2D eigenvalue weighted by atomic mass is 9.85. The van der Waals surface area contributed by atoms with E-state index in [1.807, 2.05) is 0 Å². The Bertz CT molecular complexity index is 377. The highest BCUT2D eigenvalue weighted by atomic mass is 15.2. The van der Waals surface area contributed by atoms with Crippen LogP contribution < -0.4 is 0 Å². The van der Waals surface area contributed by atoms with Crippen molar-refractivity contribution in [3.8, 4) is 0 Å². The molecule has 0 radical (unpaired) electrons. The molecule has 1 nitrogen and oxygen atoms in total. The van der Waals surface area contributed by atoms with Gasteiger partial charge in [0.25, 0.3) is 0 Å². The standard InChI is InChI=1S/C32H67N/c1-8-11-14-15-16-17-18-19-20-21-22-23-24-25-26-27-30-33(31(4,5)28-12-9-2)32(6,7)29-13-10-3/h8-30H2,1-7H3. The summed E-state index contributed by atoms with van der Waals surface area (Å²) in [5, 5.41) is 0. The average molecular weight is 466 g/mol. The van der Waals surface area contributed by atoms with Crippen molar-refractivity contribution >= 4 is 0 Å². The maximum atomic E-state index is 2.88. The van der Waals surface area contributed by atoms with Gasteiger partial charge in [-0.1, -0.05) is 143 Å². The molecular weight excluding hydrogens is 398 g/mol. The topological polar surface area (TPSA) is 3.24 Å². The van der Waals surface area contributed by atoms with Crippen molar-refractivity contribution in [1.29, 1.82) is 0 Å². The fourth-order valence-electron chi connectivity index (χ4n) is 5.73. The molecule has 0 heterocycles. The highest BCUT2D eigenvalue weighted by molar-refractivity contribution is 4.92. The predicted molar refractivity (Wildman–Crippen MR) is 153 cm³/mol. The minimum Gasteiger partial charge on any atom is -0.293 e. The van der Waals surface area contributed by atoms with Crippen LogP contribution in [0.4, 0.5) is 0 Å². The molecule has 0 aromatic heterocycles. The molecule has 0 aliphatic heterocycles. The summed E-state index contributed by atoms with van der Waals surface area (Å²) in [6.07, 6.45) is 31.2. The zero-order valence-corrected chi connectivity index (χ0v) is 24.7. The Balaban J connectivity index is 3.93. The number of nitrogens with zero attached hydrogens (tertiary/aromatic N) is 1. The largest absolute Gasteiger partial charge is 0.293 e. The normalized spacial score (nSPS) is 12.7. The van der Waals surface area contributed by atoms with Crippen molar-refractivity contribution in [2.24, 2.45) is 0 Å². The summed E-state index contributed by atoms with van der Waals surface area (Å²) in [6.45, 7) is 18.3. The summed E-state index contributed by atoms with van der Waals surface area (Å²) in [5.41, 5.74) is 0.644. The average Bonchev–Trinajstić information content (AvgIpc) is 2.78. The Morgan fingerprint density at radius 1 is 0.364 bits per heavy atom. The quantitative estimate of drug-likeness (QED) is 0.121. The van der Waals surface area contributed by atoms with Gasteiger partial charge in [-0.25, -0.2) is 0 Å². The van der Waals surface area contributed by atoms with Gasteiger partial charge in [-0.05, 0) is 53.5 Å². The molecule has 1 heteroatoms. The van der Waals surface area contributed by atoms with Crippen LogP contribution in [-0.2, 0) is 0 Å². The van der Waals surface area contributed by atoms with E-state index in [1.54, 1.807) is 0 Å². The van der Waals surface area contributed by atoms with Gasteiger partial charge in [0.2, 0.25) is 0 Å². The van der Waals surface area contributed by atoms with E-state index in [1.165, 1.54) is 148 Å². The second-order valence-corrected chi connectivity index (χ2v) is 12.3. The van der Waals surface area contributed by atoms with Gasteiger partial charge in [0, 0.05) is 11.1 Å². The Morgan fingerprint density at radius 2 is 0.636 bits per heavy atom. The Labute approximate surface area is 212 Å². The van der Waals surface area contributed by atoms with Crippen LogP contribution in [-0.4, -0.2) is 22.5 Å². The molecular formula is C32H67N. The van der Waals surface area contributed by atoms with Crippen molar-refractivity contribution in [2.45, 2.75) is 201 Å². The van der Waals surface area contributed by atoms with Crippen LogP contribution in [0.3, 0.4) is 0 Å². The van der Waals surface area contributed by atoms with Crippen LogP contribution >= 0.6 is 0 Å². The van der Waals surface area contributed by atoms with Crippen LogP contribution in [0.5, 0.6) is 0 Å². The Morgan fingerprint density at radius 3 is 0.939 bits per heavy atom. The molecule has 0 bridgehead atoms. The molecule has 33 heavy (non-hydrogen) atoms. The highest BCUT2D eigenvalue weighted by Crippen LogP contribution is 2.33. The molecule has 0 atom stereocenters. The lowest BCUT2D eigenvalue weighted by molar-refractivity contribution is 0.00199. The molecule has 0 fully saturated rings. The van der Waals surface area contributed by atoms with E-state index < -0.39 is 0 Å². The van der Waals surface area contributed by atoms with Crippen LogP contribution in [0.2, 0.25) is 0 Å². The smallest absolute Gasteiger partial charge is 0.0158 e. The molecule has 0 amide bonds. The van der Waals surface area contributed by atoms with Crippen LogP contribution in [0.1, 0.15) is 190 Å². The number of rotatable bonds is 25. The maximum Gasteiger partial charge on any atom is 0.0158 e. The van der Waals surface area contributed by atoms with Gasteiger partial charge in [-0.2, -0.15) is 0 Å². The molecule has 0 aliphatic carbocycles.